The normalized spacial score (nSPS) is 14.2. The van der Waals surface area contributed by atoms with Gasteiger partial charge >= 0.3 is 0 Å². The highest BCUT2D eigenvalue weighted by molar-refractivity contribution is 6.17. The fraction of sp³-hybridized carbons (Fsp3) is 0.0196. The molecule has 264 valence electrons. The lowest BCUT2D eigenvalue weighted by atomic mass is 9.98. The van der Waals surface area contributed by atoms with E-state index < -0.39 is 0 Å². The summed E-state index contributed by atoms with van der Waals surface area (Å²) >= 11 is 0. The Bertz CT molecular complexity index is 3140. The molecule has 0 saturated heterocycles. The van der Waals surface area contributed by atoms with E-state index in [-0.39, 0.29) is 6.17 Å². The Hall–Kier alpha value is -7.50. The molecule has 5 nitrogen and oxygen atoms in total. The number of nitrogens with one attached hydrogen (secondary N) is 1. The van der Waals surface area contributed by atoms with E-state index in [1.165, 1.54) is 54.7 Å². The first-order valence-electron chi connectivity index (χ1n) is 19.0. The van der Waals surface area contributed by atoms with Gasteiger partial charge in [0.05, 0.1) is 22.1 Å². The van der Waals surface area contributed by atoms with E-state index in [9.17, 15) is 0 Å². The predicted molar refractivity (Wildman–Crippen MR) is 232 cm³/mol. The summed E-state index contributed by atoms with van der Waals surface area (Å²) in [6.45, 7) is 0. The monoisotopic (exact) mass is 717 g/mol. The maximum atomic E-state index is 5.11. The molecule has 1 aliphatic heterocycles. The summed E-state index contributed by atoms with van der Waals surface area (Å²) in [6, 6.07) is 71.0. The van der Waals surface area contributed by atoms with Crippen LogP contribution in [0.3, 0.4) is 0 Å². The molecule has 0 aliphatic carbocycles. The van der Waals surface area contributed by atoms with Gasteiger partial charge in [-0.25, -0.2) is 9.98 Å². The summed E-state index contributed by atoms with van der Waals surface area (Å²) < 4.78 is 4.78. The summed E-state index contributed by atoms with van der Waals surface area (Å²) in [5.41, 5.74) is 12.5. The molecule has 1 unspecified atom stereocenters. The van der Waals surface area contributed by atoms with Gasteiger partial charge < -0.3 is 14.5 Å². The number of nitrogens with zero attached hydrogens (tertiary/aromatic N) is 4. The Morgan fingerprint density at radius 2 is 0.982 bits per heavy atom. The summed E-state index contributed by atoms with van der Waals surface area (Å²) in [4.78, 5) is 10.1. The van der Waals surface area contributed by atoms with Gasteiger partial charge in [-0.1, -0.05) is 152 Å². The molecule has 0 spiro atoms. The fourth-order valence-electron chi connectivity index (χ4n) is 8.42. The van der Waals surface area contributed by atoms with Gasteiger partial charge in [-0.3, -0.25) is 0 Å². The third kappa shape index (κ3) is 5.24. The van der Waals surface area contributed by atoms with Crippen LogP contribution in [0.1, 0.15) is 22.9 Å². The quantitative estimate of drug-likeness (QED) is 0.183. The molecule has 3 heterocycles. The molecule has 1 aliphatic rings. The van der Waals surface area contributed by atoms with Gasteiger partial charge in [0.1, 0.15) is 12.0 Å². The molecule has 1 N–H and O–H groups in total. The second-order valence-electron chi connectivity index (χ2n) is 14.3. The van der Waals surface area contributed by atoms with Gasteiger partial charge in [-0.2, -0.15) is 0 Å². The molecule has 56 heavy (non-hydrogen) atoms. The molecule has 5 heteroatoms. The van der Waals surface area contributed by atoms with Gasteiger partial charge in [-0.05, 0) is 65.2 Å². The van der Waals surface area contributed by atoms with Crippen LogP contribution in [-0.4, -0.2) is 20.8 Å². The average molecular weight is 718 g/mol. The van der Waals surface area contributed by atoms with Gasteiger partial charge in [-0.15, -0.1) is 0 Å². The number of hydrogen-bond acceptors (Lipinski definition) is 3. The Morgan fingerprint density at radius 3 is 1.73 bits per heavy atom. The lowest BCUT2D eigenvalue weighted by Crippen LogP contribution is -2.33. The molecule has 2 aromatic heterocycles. The summed E-state index contributed by atoms with van der Waals surface area (Å²) in [5, 5.41) is 8.57. The third-order valence-corrected chi connectivity index (χ3v) is 11.0. The highest BCUT2D eigenvalue weighted by Gasteiger charge is 2.22. The molecule has 0 bridgehead atoms. The van der Waals surface area contributed by atoms with Crippen molar-refractivity contribution in [2.24, 2.45) is 9.98 Å². The minimum Gasteiger partial charge on any atom is -0.344 e. The predicted octanol–water partition coefficient (Wildman–Crippen LogP) is 12.0. The molecule has 8 aromatic carbocycles. The SMILES string of the molecule is c1ccc(C2=NC(c3ccc(-n4c5ccccc5c5ccc(-c6cccc7c6c6ccccc6n7-c6ccccc6)cc54)cc3)NC(c3ccccc3)=N2)cc1. The number of hydrogen-bond donors (Lipinski definition) is 1. The van der Waals surface area contributed by atoms with E-state index in [4.69, 9.17) is 9.98 Å². The van der Waals surface area contributed by atoms with Crippen LogP contribution in [0.25, 0.3) is 66.1 Å². The number of benzene rings is 8. The molecule has 0 radical (unpaired) electrons. The van der Waals surface area contributed by atoms with Crippen molar-refractivity contribution in [1.82, 2.24) is 14.5 Å². The lowest BCUT2D eigenvalue weighted by Gasteiger charge is -2.24. The minimum absolute atomic E-state index is 0.296. The number of rotatable bonds is 6. The number of para-hydroxylation sites is 3. The maximum absolute atomic E-state index is 5.11. The number of fused-ring (bicyclic) bond motifs is 6. The average Bonchev–Trinajstić information content (AvgIpc) is 3.80. The van der Waals surface area contributed by atoms with Gasteiger partial charge in [0.2, 0.25) is 0 Å². The molecule has 0 fully saturated rings. The maximum Gasteiger partial charge on any atom is 0.159 e. The van der Waals surface area contributed by atoms with Crippen LogP contribution in [0.5, 0.6) is 0 Å². The topological polar surface area (TPSA) is 46.6 Å². The second-order valence-corrected chi connectivity index (χ2v) is 14.3. The van der Waals surface area contributed by atoms with Gasteiger partial charge in [0.15, 0.2) is 5.84 Å². The first-order chi connectivity index (χ1) is 27.8. The van der Waals surface area contributed by atoms with E-state index in [1.807, 2.05) is 36.4 Å². The second kappa shape index (κ2) is 13.1. The van der Waals surface area contributed by atoms with Crippen LogP contribution in [0.2, 0.25) is 0 Å². The van der Waals surface area contributed by atoms with E-state index in [2.05, 4.69) is 178 Å². The van der Waals surface area contributed by atoms with Crippen molar-refractivity contribution in [3.05, 3.63) is 217 Å². The Labute approximate surface area is 324 Å². The zero-order valence-electron chi connectivity index (χ0n) is 30.4. The molecule has 0 saturated carbocycles. The van der Waals surface area contributed by atoms with Gasteiger partial charge in [0.25, 0.3) is 0 Å². The Morgan fingerprint density at radius 1 is 0.411 bits per heavy atom. The van der Waals surface area contributed by atoms with Crippen LogP contribution in [0.4, 0.5) is 0 Å². The molecular formula is C51H35N5. The largest absolute Gasteiger partial charge is 0.344 e. The van der Waals surface area contributed by atoms with Crippen LogP contribution in [0.15, 0.2) is 210 Å². The lowest BCUT2D eigenvalue weighted by molar-refractivity contribution is 0.674. The van der Waals surface area contributed by atoms with Crippen molar-refractivity contribution in [2.45, 2.75) is 6.17 Å². The summed E-state index contributed by atoms with van der Waals surface area (Å²) in [5.74, 6) is 1.53. The number of aromatic nitrogens is 2. The van der Waals surface area contributed by atoms with E-state index in [1.54, 1.807) is 0 Å². The standard InChI is InChI=1S/C51H35N5/c1-4-15-34(16-5-1)49-52-50(35-17-6-2-7-18-35)54-51(53-49)36-27-30-39(31-28-36)56-44-24-12-10-21-41(44)42-32-29-37(33-47(42)56)40-23-14-26-46-48(40)43-22-11-13-25-45(43)55(46)38-19-8-3-9-20-38/h1-33,51H,(H,52,53,54). The third-order valence-electron chi connectivity index (χ3n) is 11.0. The highest BCUT2D eigenvalue weighted by Crippen LogP contribution is 2.41. The summed E-state index contributed by atoms with van der Waals surface area (Å²) in [7, 11) is 0. The first-order valence-corrected chi connectivity index (χ1v) is 19.0. The highest BCUT2D eigenvalue weighted by atomic mass is 15.2. The van der Waals surface area contributed by atoms with Crippen LogP contribution >= 0.6 is 0 Å². The molecular weight excluding hydrogens is 683 g/mol. The van der Waals surface area contributed by atoms with Crippen molar-refractivity contribution < 1.29 is 0 Å². The van der Waals surface area contributed by atoms with Crippen molar-refractivity contribution in [1.29, 1.82) is 0 Å². The van der Waals surface area contributed by atoms with E-state index in [0.29, 0.717) is 5.84 Å². The van der Waals surface area contributed by atoms with Crippen LogP contribution in [-0.2, 0) is 0 Å². The zero-order valence-corrected chi connectivity index (χ0v) is 30.4. The van der Waals surface area contributed by atoms with Crippen LogP contribution in [0, 0.1) is 0 Å². The fourth-order valence-corrected chi connectivity index (χ4v) is 8.42. The van der Waals surface area contributed by atoms with Crippen LogP contribution < -0.4 is 5.32 Å². The van der Waals surface area contributed by atoms with Crippen molar-refractivity contribution >= 4 is 55.3 Å². The molecule has 1 atom stereocenters. The zero-order chi connectivity index (χ0) is 37.0. The smallest absolute Gasteiger partial charge is 0.159 e. The van der Waals surface area contributed by atoms with Crippen molar-refractivity contribution in [3.8, 4) is 22.5 Å². The summed E-state index contributed by atoms with van der Waals surface area (Å²) in [6.07, 6.45) is -0.296. The minimum atomic E-state index is -0.296. The first kappa shape index (κ1) is 32.0. The molecule has 10 aromatic rings. The Kier molecular flexibility index (Phi) is 7.49. The van der Waals surface area contributed by atoms with E-state index in [0.717, 1.165) is 33.9 Å². The number of amidine groups is 2. The van der Waals surface area contributed by atoms with Crippen molar-refractivity contribution in [2.75, 3.05) is 0 Å². The van der Waals surface area contributed by atoms with Crippen molar-refractivity contribution in [3.63, 3.8) is 0 Å². The van der Waals surface area contributed by atoms with E-state index >= 15 is 0 Å². The molecule has 11 rings (SSSR count). The molecule has 0 amide bonds. The van der Waals surface area contributed by atoms with Gasteiger partial charge in [0, 0.05) is 44.0 Å². The Balaban J connectivity index is 1.04. The number of aliphatic imine (C=N–C) groups is 2.